The van der Waals surface area contributed by atoms with E-state index >= 15 is 0 Å². The van der Waals surface area contributed by atoms with Gasteiger partial charge in [0.1, 0.15) is 18.1 Å². The molecule has 0 radical (unpaired) electrons. The van der Waals surface area contributed by atoms with Gasteiger partial charge in [0.25, 0.3) is 16.8 Å². The number of thioether (sulfide) groups is 1. The van der Waals surface area contributed by atoms with Crippen molar-refractivity contribution in [2.24, 2.45) is 0 Å². The molecule has 2 heterocycles. The Kier molecular flexibility index (Phi) is 6.80. The Labute approximate surface area is 211 Å². The summed E-state index contributed by atoms with van der Waals surface area (Å²) in [6.45, 7) is 7.04. The second kappa shape index (κ2) is 9.82. The van der Waals surface area contributed by atoms with Crippen LogP contribution >= 0.6 is 11.8 Å². The quantitative estimate of drug-likeness (QED) is 0.256. The van der Waals surface area contributed by atoms with Gasteiger partial charge >= 0.3 is 0 Å². The smallest absolute Gasteiger partial charge is 0.294 e. The summed E-state index contributed by atoms with van der Waals surface area (Å²) in [4.78, 5) is 49.9. The first-order chi connectivity index (χ1) is 17.0. The number of nitrogens with one attached hydrogen (secondary N) is 1. The maximum absolute atomic E-state index is 12.8. The summed E-state index contributed by atoms with van der Waals surface area (Å²) in [7, 11) is 0. The Hall–Kier alpha value is -4.18. The van der Waals surface area contributed by atoms with E-state index in [2.05, 4.69) is 5.32 Å². The van der Waals surface area contributed by atoms with Crippen molar-refractivity contribution in [3.63, 3.8) is 0 Å². The summed E-state index contributed by atoms with van der Waals surface area (Å²) in [5, 5.41) is 13.7. The van der Waals surface area contributed by atoms with Crippen LogP contribution in [0.15, 0.2) is 51.8 Å². The number of carbonyl (C=O) groups is 3. The first-order valence-electron chi connectivity index (χ1n) is 11.0. The molecule has 36 heavy (non-hydrogen) atoms. The van der Waals surface area contributed by atoms with Gasteiger partial charge in [-0.15, -0.1) is 0 Å². The molecule has 1 saturated heterocycles. The number of aryl methyl sites for hydroxylation is 4. The van der Waals surface area contributed by atoms with E-state index in [9.17, 15) is 24.5 Å². The number of nitrogens with zero attached hydrogens (tertiary/aromatic N) is 2. The highest BCUT2D eigenvalue weighted by Crippen LogP contribution is 2.35. The Morgan fingerprint density at radius 1 is 1.06 bits per heavy atom. The molecule has 1 fully saturated rings. The highest BCUT2D eigenvalue weighted by Gasteiger charge is 2.36. The fraction of sp³-hybridized carbons (Fsp3) is 0.192. The predicted octanol–water partition coefficient (Wildman–Crippen LogP) is 5.76. The lowest BCUT2D eigenvalue weighted by Gasteiger charge is -2.15. The van der Waals surface area contributed by atoms with Gasteiger partial charge in [-0.05, 0) is 74.3 Å². The second-order valence-electron chi connectivity index (χ2n) is 8.57. The molecule has 4 rings (SSSR count). The maximum atomic E-state index is 12.8. The number of rotatable bonds is 6. The van der Waals surface area contributed by atoms with Gasteiger partial charge in [-0.25, -0.2) is 0 Å². The molecule has 0 unspecified atom stereocenters. The van der Waals surface area contributed by atoms with Crippen LogP contribution in [0.3, 0.4) is 0 Å². The third-order valence-corrected chi connectivity index (χ3v) is 6.54. The SMILES string of the molecule is Cc1cc(C)c(NC(=O)CN2C(=O)S/C(=C/c3ccc(-c4ccc(C)cc4[N+](=O)[O-])o3)C2=O)c(C)c1. The molecule has 184 valence electrons. The Morgan fingerprint density at radius 3 is 2.42 bits per heavy atom. The molecular formula is C26H23N3O6S. The van der Waals surface area contributed by atoms with Crippen LogP contribution in [-0.2, 0) is 9.59 Å². The summed E-state index contributed by atoms with van der Waals surface area (Å²) in [5.74, 6) is -0.589. The lowest BCUT2D eigenvalue weighted by Crippen LogP contribution is -2.36. The number of benzene rings is 2. The van der Waals surface area contributed by atoms with Crippen LogP contribution in [0.2, 0.25) is 0 Å². The molecule has 9 nitrogen and oxygen atoms in total. The molecule has 2 aromatic carbocycles. The number of nitro benzene ring substituents is 1. The standard InChI is InChI=1S/C26H23N3O6S/c1-14-5-7-19(20(11-14)29(33)34)21-8-6-18(35-21)12-22-25(31)28(26(32)36-22)13-23(30)27-24-16(3)9-15(2)10-17(24)4/h5-12H,13H2,1-4H3,(H,27,30)/b22-12+. The van der Waals surface area contributed by atoms with Crippen molar-refractivity contribution in [2.75, 3.05) is 11.9 Å². The Bertz CT molecular complexity index is 1430. The normalized spacial score (nSPS) is 14.6. The van der Waals surface area contributed by atoms with E-state index in [1.54, 1.807) is 31.2 Å². The largest absolute Gasteiger partial charge is 0.456 e. The van der Waals surface area contributed by atoms with E-state index in [4.69, 9.17) is 4.42 Å². The average molecular weight is 506 g/mol. The number of anilines is 1. The number of amides is 3. The zero-order valence-electron chi connectivity index (χ0n) is 20.1. The van der Waals surface area contributed by atoms with Gasteiger partial charge in [-0.3, -0.25) is 29.4 Å². The van der Waals surface area contributed by atoms with Crippen LogP contribution in [0.4, 0.5) is 16.2 Å². The fourth-order valence-electron chi connectivity index (χ4n) is 4.04. The molecule has 3 amide bonds. The van der Waals surface area contributed by atoms with Crippen molar-refractivity contribution in [3.05, 3.63) is 85.5 Å². The highest BCUT2D eigenvalue weighted by atomic mass is 32.2. The average Bonchev–Trinajstić information content (AvgIpc) is 3.36. The van der Waals surface area contributed by atoms with Crippen molar-refractivity contribution >= 4 is 46.3 Å². The van der Waals surface area contributed by atoms with E-state index in [1.807, 2.05) is 32.9 Å². The summed E-state index contributed by atoms with van der Waals surface area (Å²) < 4.78 is 5.72. The lowest BCUT2D eigenvalue weighted by atomic mass is 10.1. The molecule has 1 aromatic heterocycles. The van der Waals surface area contributed by atoms with E-state index in [1.165, 1.54) is 12.1 Å². The van der Waals surface area contributed by atoms with Crippen molar-refractivity contribution in [2.45, 2.75) is 27.7 Å². The van der Waals surface area contributed by atoms with Crippen LogP contribution < -0.4 is 5.32 Å². The van der Waals surface area contributed by atoms with Gasteiger partial charge in [-0.1, -0.05) is 23.8 Å². The predicted molar refractivity (Wildman–Crippen MR) is 137 cm³/mol. The summed E-state index contributed by atoms with van der Waals surface area (Å²) in [6.07, 6.45) is 1.39. The second-order valence-corrected chi connectivity index (χ2v) is 9.56. The number of carbonyl (C=O) groups excluding carboxylic acids is 3. The van der Waals surface area contributed by atoms with Crippen LogP contribution in [0.1, 0.15) is 28.0 Å². The fourth-order valence-corrected chi connectivity index (χ4v) is 4.86. The molecule has 0 atom stereocenters. The van der Waals surface area contributed by atoms with Crippen molar-refractivity contribution < 1.29 is 23.7 Å². The Morgan fingerprint density at radius 2 is 1.75 bits per heavy atom. The first kappa shape index (κ1) is 24.9. The van der Waals surface area contributed by atoms with Gasteiger partial charge in [-0.2, -0.15) is 0 Å². The molecule has 1 aliphatic heterocycles. The van der Waals surface area contributed by atoms with E-state index < -0.39 is 28.5 Å². The minimum atomic E-state index is -0.614. The minimum absolute atomic E-state index is 0.0924. The number of furan rings is 1. The van der Waals surface area contributed by atoms with Gasteiger partial charge in [0.2, 0.25) is 5.91 Å². The monoisotopic (exact) mass is 505 g/mol. The molecule has 1 aliphatic rings. The van der Waals surface area contributed by atoms with E-state index in [0.29, 0.717) is 23.0 Å². The molecular weight excluding hydrogens is 482 g/mol. The first-order valence-corrected chi connectivity index (χ1v) is 11.8. The van der Waals surface area contributed by atoms with Crippen LogP contribution in [0.25, 0.3) is 17.4 Å². The topological polar surface area (TPSA) is 123 Å². The van der Waals surface area contributed by atoms with Gasteiger partial charge in [0, 0.05) is 17.8 Å². The van der Waals surface area contributed by atoms with Crippen LogP contribution in [-0.4, -0.2) is 33.4 Å². The zero-order chi connectivity index (χ0) is 26.1. The third-order valence-electron chi connectivity index (χ3n) is 5.63. The number of hydrogen-bond acceptors (Lipinski definition) is 7. The number of imide groups is 1. The summed E-state index contributed by atoms with van der Waals surface area (Å²) in [6, 6.07) is 11.8. The van der Waals surface area contributed by atoms with Gasteiger partial charge in [0.15, 0.2) is 0 Å². The Balaban J connectivity index is 1.50. The summed E-state index contributed by atoms with van der Waals surface area (Å²) in [5.41, 5.74) is 4.44. The molecule has 0 bridgehead atoms. The zero-order valence-corrected chi connectivity index (χ0v) is 20.9. The molecule has 0 spiro atoms. The van der Waals surface area contributed by atoms with E-state index in [-0.39, 0.29) is 22.1 Å². The van der Waals surface area contributed by atoms with Crippen LogP contribution in [0, 0.1) is 37.8 Å². The highest BCUT2D eigenvalue weighted by molar-refractivity contribution is 8.18. The van der Waals surface area contributed by atoms with Gasteiger partial charge < -0.3 is 9.73 Å². The van der Waals surface area contributed by atoms with Crippen molar-refractivity contribution in [1.29, 1.82) is 0 Å². The molecule has 3 aromatic rings. The number of hydrogen-bond donors (Lipinski definition) is 1. The molecule has 0 saturated carbocycles. The van der Waals surface area contributed by atoms with Crippen molar-refractivity contribution in [1.82, 2.24) is 4.90 Å². The molecule has 10 heteroatoms. The molecule has 1 N–H and O–H groups in total. The lowest BCUT2D eigenvalue weighted by molar-refractivity contribution is -0.384. The van der Waals surface area contributed by atoms with Gasteiger partial charge in [0.05, 0.1) is 15.4 Å². The maximum Gasteiger partial charge on any atom is 0.294 e. The summed E-state index contributed by atoms with van der Waals surface area (Å²) >= 11 is 0.699. The minimum Gasteiger partial charge on any atom is -0.456 e. The van der Waals surface area contributed by atoms with Crippen molar-refractivity contribution in [3.8, 4) is 11.3 Å². The van der Waals surface area contributed by atoms with E-state index in [0.717, 1.165) is 27.2 Å². The molecule has 0 aliphatic carbocycles. The number of nitro groups is 1. The van der Waals surface area contributed by atoms with Crippen LogP contribution in [0.5, 0.6) is 0 Å². The third kappa shape index (κ3) is 5.08.